The first kappa shape index (κ1) is 18.8. The zero-order valence-electron chi connectivity index (χ0n) is 13.8. The fourth-order valence-corrected chi connectivity index (χ4v) is 4.54. The molecule has 0 spiro atoms. The molecule has 1 aliphatic rings. The highest BCUT2D eigenvalue weighted by Crippen LogP contribution is 2.32. The fourth-order valence-electron chi connectivity index (χ4n) is 2.74. The second-order valence-electron chi connectivity index (χ2n) is 5.91. The Bertz CT molecular complexity index is 909. The maximum atomic E-state index is 12.6. The Morgan fingerprint density at radius 3 is 2.38 bits per heavy atom. The molecule has 0 unspecified atom stereocenters. The molecule has 2 aromatic rings. The molecule has 9 heteroatoms. The van der Waals surface area contributed by atoms with Crippen LogP contribution in [0.4, 0.5) is 5.69 Å². The summed E-state index contributed by atoms with van der Waals surface area (Å²) < 4.78 is 33.0. The normalized spacial score (nSPS) is 15.1. The van der Waals surface area contributed by atoms with Gasteiger partial charge in [-0.3, -0.25) is 10.1 Å². The van der Waals surface area contributed by atoms with Gasteiger partial charge in [0.2, 0.25) is 10.0 Å². The van der Waals surface area contributed by atoms with Crippen LogP contribution < -0.4 is 4.74 Å². The summed E-state index contributed by atoms with van der Waals surface area (Å²) in [5.41, 5.74) is 0.485. The van der Waals surface area contributed by atoms with Crippen molar-refractivity contribution in [1.82, 2.24) is 4.31 Å². The number of nitro groups is 1. The monoisotopic (exact) mass is 440 g/mol. The molecule has 2 aromatic carbocycles. The summed E-state index contributed by atoms with van der Waals surface area (Å²) >= 11 is 3.34. The molecule has 0 aromatic heterocycles. The maximum absolute atomic E-state index is 12.6. The zero-order chi connectivity index (χ0) is 18.7. The molecule has 1 heterocycles. The molecule has 3 rings (SSSR count). The van der Waals surface area contributed by atoms with E-state index in [0.29, 0.717) is 13.1 Å². The predicted octanol–water partition coefficient (Wildman–Crippen LogP) is 3.72. The van der Waals surface area contributed by atoms with E-state index in [9.17, 15) is 18.5 Å². The third kappa shape index (κ3) is 4.05. The SMILES string of the molecule is O=[N+]([O-])c1cc(S(=O)(=O)N2CCCC2)ccc1OCc1ccc(Br)cc1. The fraction of sp³-hybridized carbons (Fsp3) is 0.294. The van der Waals surface area contributed by atoms with Crippen molar-refractivity contribution in [1.29, 1.82) is 0 Å². The van der Waals surface area contributed by atoms with Crippen LogP contribution >= 0.6 is 15.9 Å². The van der Waals surface area contributed by atoms with Crippen LogP contribution in [0.2, 0.25) is 0 Å². The Kier molecular flexibility index (Phi) is 5.59. The van der Waals surface area contributed by atoms with Gasteiger partial charge in [0.25, 0.3) is 0 Å². The van der Waals surface area contributed by atoms with Gasteiger partial charge in [-0.25, -0.2) is 8.42 Å². The first-order valence-electron chi connectivity index (χ1n) is 8.04. The molecule has 0 radical (unpaired) electrons. The third-order valence-corrected chi connectivity index (χ3v) is 6.56. The van der Waals surface area contributed by atoms with Gasteiger partial charge < -0.3 is 4.74 Å². The highest BCUT2D eigenvalue weighted by atomic mass is 79.9. The van der Waals surface area contributed by atoms with Crippen LogP contribution in [-0.4, -0.2) is 30.7 Å². The van der Waals surface area contributed by atoms with E-state index in [2.05, 4.69) is 15.9 Å². The van der Waals surface area contributed by atoms with Crippen molar-refractivity contribution in [2.24, 2.45) is 0 Å². The van der Waals surface area contributed by atoms with Gasteiger partial charge in [-0.15, -0.1) is 0 Å². The van der Waals surface area contributed by atoms with Gasteiger partial charge in [-0.2, -0.15) is 4.31 Å². The summed E-state index contributed by atoms with van der Waals surface area (Å²) in [6, 6.07) is 11.1. The first-order chi connectivity index (χ1) is 12.4. The van der Waals surface area contributed by atoms with E-state index in [0.717, 1.165) is 28.9 Å². The maximum Gasteiger partial charge on any atom is 0.312 e. The number of ether oxygens (including phenoxy) is 1. The predicted molar refractivity (Wildman–Crippen MR) is 99.6 cm³/mol. The van der Waals surface area contributed by atoms with Crippen LogP contribution in [0.5, 0.6) is 5.75 Å². The van der Waals surface area contributed by atoms with Crippen molar-refractivity contribution in [3.8, 4) is 5.75 Å². The summed E-state index contributed by atoms with van der Waals surface area (Å²) in [7, 11) is -3.72. The first-order valence-corrected chi connectivity index (χ1v) is 10.3. The van der Waals surface area contributed by atoms with Crippen molar-refractivity contribution in [2.45, 2.75) is 24.3 Å². The van der Waals surface area contributed by atoms with Gasteiger partial charge in [0.1, 0.15) is 6.61 Å². The highest BCUT2D eigenvalue weighted by molar-refractivity contribution is 9.10. The number of benzene rings is 2. The molecule has 0 bridgehead atoms. The van der Waals surface area contributed by atoms with Crippen LogP contribution in [0.1, 0.15) is 18.4 Å². The average Bonchev–Trinajstić information content (AvgIpc) is 3.16. The lowest BCUT2D eigenvalue weighted by atomic mass is 10.2. The smallest absolute Gasteiger partial charge is 0.312 e. The molecule has 138 valence electrons. The van der Waals surface area contributed by atoms with E-state index < -0.39 is 14.9 Å². The number of nitro benzene ring substituents is 1. The molecule has 0 saturated carbocycles. The molecule has 0 atom stereocenters. The topological polar surface area (TPSA) is 89.8 Å². The molecule has 0 aliphatic carbocycles. The summed E-state index contributed by atoms with van der Waals surface area (Å²) in [4.78, 5) is 10.7. The lowest BCUT2D eigenvalue weighted by Gasteiger charge is -2.16. The zero-order valence-corrected chi connectivity index (χ0v) is 16.2. The summed E-state index contributed by atoms with van der Waals surface area (Å²) in [6.45, 7) is 1.03. The second-order valence-corrected chi connectivity index (χ2v) is 8.77. The van der Waals surface area contributed by atoms with E-state index in [1.54, 1.807) is 0 Å². The van der Waals surface area contributed by atoms with Gasteiger partial charge in [-0.1, -0.05) is 28.1 Å². The minimum atomic E-state index is -3.72. The third-order valence-electron chi connectivity index (χ3n) is 4.14. The van der Waals surface area contributed by atoms with Crippen LogP contribution in [0.15, 0.2) is 51.8 Å². The lowest BCUT2D eigenvalue weighted by molar-refractivity contribution is -0.386. The van der Waals surface area contributed by atoms with E-state index in [-0.39, 0.29) is 22.9 Å². The van der Waals surface area contributed by atoms with Crippen LogP contribution in [0, 0.1) is 10.1 Å². The Hall–Kier alpha value is -1.97. The van der Waals surface area contributed by atoms with Crippen molar-refractivity contribution in [3.05, 3.63) is 62.6 Å². The van der Waals surface area contributed by atoms with E-state index in [1.807, 2.05) is 24.3 Å². The molecular formula is C17H17BrN2O5S. The molecule has 1 saturated heterocycles. The standard InChI is InChI=1S/C17H17BrN2O5S/c18-14-5-3-13(4-6-14)12-25-17-8-7-15(11-16(17)20(21)22)26(23,24)19-9-1-2-10-19/h3-8,11H,1-2,9-10,12H2. The summed E-state index contributed by atoms with van der Waals surface area (Å²) in [5, 5.41) is 11.4. The van der Waals surface area contributed by atoms with Gasteiger partial charge in [0.05, 0.1) is 9.82 Å². The van der Waals surface area contributed by atoms with Gasteiger partial charge >= 0.3 is 5.69 Å². The van der Waals surface area contributed by atoms with Crippen LogP contribution in [-0.2, 0) is 16.6 Å². The molecule has 0 N–H and O–H groups in total. The molecule has 26 heavy (non-hydrogen) atoms. The number of rotatable bonds is 6. The minimum absolute atomic E-state index is 0.0401. The quantitative estimate of drug-likeness (QED) is 0.504. The largest absolute Gasteiger partial charge is 0.482 e. The summed E-state index contributed by atoms with van der Waals surface area (Å²) in [6.07, 6.45) is 1.60. The number of halogens is 1. The van der Waals surface area contributed by atoms with Crippen molar-refractivity contribution >= 4 is 31.6 Å². The Labute approximate surface area is 159 Å². The Morgan fingerprint density at radius 2 is 1.77 bits per heavy atom. The minimum Gasteiger partial charge on any atom is -0.482 e. The molecular weight excluding hydrogens is 424 g/mol. The second kappa shape index (κ2) is 7.73. The van der Waals surface area contributed by atoms with Crippen molar-refractivity contribution in [2.75, 3.05) is 13.1 Å². The Balaban J connectivity index is 1.85. The number of hydrogen-bond acceptors (Lipinski definition) is 5. The van der Waals surface area contributed by atoms with E-state index in [1.165, 1.54) is 16.4 Å². The van der Waals surface area contributed by atoms with Gasteiger partial charge in [-0.05, 0) is 42.7 Å². The number of hydrogen-bond donors (Lipinski definition) is 0. The lowest BCUT2D eigenvalue weighted by Crippen LogP contribution is -2.27. The highest BCUT2D eigenvalue weighted by Gasteiger charge is 2.29. The number of nitrogens with zero attached hydrogens (tertiary/aromatic N) is 2. The van der Waals surface area contributed by atoms with Gasteiger partial charge in [0, 0.05) is 23.6 Å². The van der Waals surface area contributed by atoms with E-state index in [4.69, 9.17) is 4.74 Å². The van der Waals surface area contributed by atoms with E-state index >= 15 is 0 Å². The Morgan fingerprint density at radius 1 is 1.12 bits per heavy atom. The average molecular weight is 441 g/mol. The van der Waals surface area contributed by atoms with Crippen LogP contribution in [0.25, 0.3) is 0 Å². The van der Waals surface area contributed by atoms with Crippen molar-refractivity contribution < 1.29 is 18.1 Å². The molecule has 7 nitrogen and oxygen atoms in total. The van der Waals surface area contributed by atoms with Crippen molar-refractivity contribution in [3.63, 3.8) is 0 Å². The van der Waals surface area contributed by atoms with Crippen LogP contribution in [0.3, 0.4) is 0 Å². The molecule has 1 fully saturated rings. The van der Waals surface area contributed by atoms with Gasteiger partial charge in [0.15, 0.2) is 5.75 Å². The molecule has 0 amide bonds. The molecule has 1 aliphatic heterocycles. The number of sulfonamides is 1. The summed E-state index contributed by atoms with van der Waals surface area (Å²) in [5.74, 6) is 0.0401.